The van der Waals surface area contributed by atoms with Crippen molar-refractivity contribution < 1.29 is 10.2 Å². The Bertz CT molecular complexity index is 301. The summed E-state index contributed by atoms with van der Waals surface area (Å²) >= 11 is 0. The largest absolute Gasteiger partial charge is 0.508 e. The number of nitrogens with zero attached hydrogens (tertiary/aromatic N) is 1. The van der Waals surface area contributed by atoms with Crippen LogP contribution >= 0.6 is 17.0 Å². The van der Waals surface area contributed by atoms with Crippen LogP contribution in [-0.4, -0.2) is 28.2 Å². The average Bonchev–Trinajstić information content (AvgIpc) is 2.19. The van der Waals surface area contributed by atoms with E-state index in [9.17, 15) is 10.2 Å². The Kier molecular flexibility index (Phi) is 6.36. The SMILES string of the molecule is Br.CCN(CC)Cc1cc(O)ccc1O. The maximum absolute atomic E-state index is 9.54. The Morgan fingerprint density at radius 1 is 1.13 bits per heavy atom. The van der Waals surface area contributed by atoms with Gasteiger partial charge in [-0.2, -0.15) is 0 Å². The Hall–Kier alpha value is -0.740. The second-order valence-electron chi connectivity index (χ2n) is 3.27. The van der Waals surface area contributed by atoms with E-state index < -0.39 is 0 Å². The Morgan fingerprint density at radius 2 is 1.73 bits per heavy atom. The van der Waals surface area contributed by atoms with Gasteiger partial charge in [0.2, 0.25) is 0 Å². The predicted molar refractivity (Wildman–Crippen MR) is 66.7 cm³/mol. The van der Waals surface area contributed by atoms with E-state index in [2.05, 4.69) is 18.7 Å². The third kappa shape index (κ3) is 4.10. The summed E-state index contributed by atoms with van der Waals surface area (Å²) in [5.74, 6) is 0.444. The van der Waals surface area contributed by atoms with Crippen LogP contribution in [0.4, 0.5) is 0 Å². The zero-order chi connectivity index (χ0) is 10.6. The molecule has 2 N–H and O–H groups in total. The lowest BCUT2D eigenvalue weighted by Gasteiger charge is -2.18. The number of benzene rings is 1. The lowest BCUT2D eigenvalue weighted by atomic mass is 10.2. The van der Waals surface area contributed by atoms with Crippen LogP contribution in [0.1, 0.15) is 19.4 Å². The minimum atomic E-state index is 0. The fraction of sp³-hybridized carbons (Fsp3) is 0.455. The first-order valence-electron chi connectivity index (χ1n) is 4.90. The van der Waals surface area contributed by atoms with E-state index in [0.29, 0.717) is 6.54 Å². The number of hydrogen-bond acceptors (Lipinski definition) is 3. The molecule has 1 rings (SSSR count). The van der Waals surface area contributed by atoms with Crippen LogP contribution in [-0.2, 0) is 6.54 Å². The third-order valence-corrected chi connectivity index (χ3v) is 2.35. The number of hydrogen-bond donors (Lipinski definition) is 2. The summed E-state index contributed by atoms with van der Waals surface area (Å²) in [6.07, 6.45) is 0. The van der Waals surface area contributed by atoms with E-state index in [0.717, 1.165) is 18.7 Å². The van der Waals surface area contributed by atoms with Crippen LogP contribution in [0, 0.1) is 0 Å². The molecule has 0 saturated carbocycles. The normalized spacial score (nSPS) is 10.1. The Labute approximate surface area is 101 Å². The van der Waals surface area contributed by atoms with Gasteiger partial charge in [0.1, 0.15) is 11.5 Å². The minimum absolute atomic E-state index is 0. The smallest absolute Gasteiger partial charge is 0.120 e. The molecule has 0 saturated heterocycles. The fourth-order valence-electron chi connectivity index (χ4n) is 1.39. The molecule has 0 aliphatic heterocycles. The van der Waals surface area contributed by atoms with Gasteiger partial charge in [0.25, 0.3) is 0 Å². The van der Waals surface area contributed by atoms with Crippen molar-refractivity contribution in [1.29, 1.82) is 0 Å². The van der Waals surface area contributed by atoms with Crippen LogP contribution in [0.3, 0.4) is 0 Å². The molecule has 0 unspecified atom stereocenters. The number of rotatable bonds is 4. The van der Waals surface area contributed by atoms with Gasteiger partial charge in [-0.3, -0.25) is 4.90 Å². The summed E-state index contributed by atoms with van der Waals surface area (Å²) in [5, 5.41) is 18.8. The van der Waals surface area contributed by atoms with Gasteiger partial charge >= 0.3 is 0 Å². The van der Waals surface area contributed by atoms with Crippen molar-refractivity contribution in [3.8, 4) is 11.5 Å². The van der Waals surface area contributed by atoms with Crippen LogP contribution in [0.5, 0.6) is 11.5 Å². The molecule has 4 heteroatoms. The van der Waals surface area contributed by atoms with Gasteiger partial charge in [-0.15, -0.1) is 17.0 Å². The summed E-state index contributed by atoms with van der Waals surface area (Å²) < 4.78 is 0. The Morgan fingerprint density at radius 3 is 2.27 bits per heavy atom. The highest BCUT2D eigenvalue weighted by atomic mass is 79.9. The second-order valence-corrected chi connectivity index (χ2v) is 3.27. The highest BCUT2D eigenvalue weighted by Crippen LogP contribution is 2.23. The summed E-state index contributed by atoms with van der Waals surface area (Å²) in [5.41, 5.74) is 0.772. The topological polar surface area (TPSA) is 43.7 Å². The molecule has 0 heterocycles. The highest BCUT2D eigenvalue weighted by Gasteiger charge is 2.06. The molecule has 0 bridgehead atoms. The van der Waals surface area contributed by atoms with E-state index in [4.69, 9.17) is 0 Å². The maximum atomic E-state index is 9.54. The summed E-state index contributed by atoms with van der Waals surface area (Å²) in [7, 11) is 0. The third-order valence-electron chi connectivity index (χ3n) is 2.35. The van der Waals surface area contributed by atoms with Gasteiger partial charge in [-0.05, 0) is 31.3 Å². The Balaban J connectivity index is 0.00000196. The van der Waals surface area contributed by atoms with Crippen molar-refractivity contribution in [1.82, 2.24) is 4.90 Å². The van der Waals surface area contributed by atoms with Crippen molar-refractivity contribution in [2.45, 2.75) is 20.4 Å². The minimum Gasteiger partial charge on any atom is -0.508 e. The van der Waals surface area contributed by atoms with E-state index in [-0.39, 0.29) is 28.5 Å². The molecule has 0 aliphatic carbocycles. The fourth-order valence-corrected chi connectivity index (χ4v) is 1.39. The zero-order valence-electron chi connectivity index (χ0n) is 9.10. The van der Waals surface area contributed by atoms with E-state index in [1.165, 1.54) is 12.1 Å². The van der Waals surface area contributed by atoms with Crippen LogP contribution < -0.4 is 0 Å². The van der Waals surface area contributed by atoms with Crippen molar-refractivity contribution in [2.24, 2.45) is 0 Å². The predicted octanol–water partition coefficient (Wildman–Crippen LogP) is 2.52. The number of phenolic OH excluding ortho intramolecular Hbond substituents is 2. The van der Waals surface area contributed by atoms with Gasteiger partial charge in [0.05, 0.1) is 0 Å². The molecule has 1 aromatic carbocycles. The van der Waals surface area contributed by atoms with Gasteiger partial charge in [-0.1, -0.05) is 13.8 Å². The molecule has 0 spiro atoms. The number of aromatic hydroxyl groups is 2. The molecule has 15 heavy (non-hydrogen) atoms. The van der Waals surface area contributed by atoms with E-state index >= 15 is 0 Å². The van der Waals surface area contributed by atoms with Gasteiger partial charge in [-0.25, -0.2) is 0 Å². The maximum Gasteiger partial charge on any atom is 0.120 e. The monoisotopic (exact) mass is 275 g/mol. The molecular weight excluding hydrogens is 258 g/mol. The van der Waals surface area contributed by atoms with Crippen molar-refractivity contribution in [3.63, 3.8) is 0 Å². The molecule has 3 nitrogen and oxygen atoms in total. The first kappa shape index (κ1) is 14.3. The van der Waals surface area contributed by atoms with Gasteiger partial charge in [0, 0.05) is 12.1 Å². The molecule has 1 aromatic rings. The molecule has 0 aromatic heterocycles. The first-order chi connectivity index (χ1) is 6.67. The number of phenols is 2. The molecular formula is C11H18BrNO2. The standard InChI is InChI=1S/C11H17NO2.BrH/c1-3-12(4-2)8-9-7-10(13)5-6-11(9)14;/h5-7,13-14H,3-4,8H2,1-2H3;1H. The highest BCUT2D eigenvalue weighted by molar-refractivity contribution is 8.93. The van der Waals surface area contributed by atoms with Crippen LogP contribution in [0.2, 0.25) is 0 Å². The lowest BCUT2D eigenvalue weighted by Crippen LogP contribution is -2.22. The van der Waals surface area contributed by atoms with Crippen LogP contribution in [0.25, 0.3) is 0 Å². The van der Waals surface area contributed by atoms with Crippen LogP contribution in [0.15, 0.2) is 18.2 Å². The average molecular weight is 276 g/mol. The summed E-state index contributed by atoms with van der Waals surface area (Å²) in [4.78, 5) is 2.18. The molecule has 0 atom stereocenters. The van der Waals surface area contributed by atoms with Gasteiger partial charge < -0.3 is 10.2 Å². The van der Waals surface area contributed by atoms with Gasteiger partial charge in [0.15, 0.2) is 0 Å². The molecule has 0 fully saturated rings. The summed E-state index contributed by atoms with van der Waals surface area (Å²) in [6.45, 7) is 6.69. The van der Waals surface area contributed by atoms with Crippen molar-refractivity contribution in [2.75, 3.05) is 13.1 Å². The molecule has 0 aliphatic rings. The van der Waals surface area contributed by atoms with Crippen molar-refractivity contribution in [3.05, 3.63) is 23.8 Å². The quantitative estimate of drug-likeness (QED) is 0.830. The number of halogens is 1. The summed E-state index contributed by atoms with van der Waals surface area (Å²) in [6, 6.07) is 4.61. The van der Waals surface area contributed by atoms with E-state index in [1.54, 1.807) is 6.07 Å². The van der Waals surface area contributed by atoms with Crippen molar-refractivity contribution >= 4 is 17.0 Å². The molecule has 0 radical (unpaired) electrons. The van der Waals surface area contributed by atoms with E-state index in [1.807, 2.05) is 0 Å². The lowest BCUT2D eigenvalue weighted by molar-refractivity contribution is 0.290. The molecule has 0 amide bonds. The first-order valence-corrected chi connectivity index (χ1v) is 4.90. The molecule has 86 valence electrons. The zero-order valence-corrected chi connectivity index (χ0v) is 10.8. The second kappa shape index (κ2) is 6.69.